The number of halogens is 1. The van der Waals surface area contributed by atoms with Crippen LogP contribution in [0.4, 0.5) is 10.9 Å². The molecule has 1 N–H and O–H groups in total. The summed E-state index contributed by atoms with van der Waals surface area (Å²) in [5.41, 5.74) is 1.15. The molecule has 1 amide bonds. The van der Waals surface area contributed by atoms with Crippen LogP contribution in [0.1, 0.15) is 22.8 Å². The minimum absolute atomic E-state index is 0.0290. The molecule has 3 heterocycles. The normalized spacial score (nSPS) is 21.0. The monoisotopic (exact) mass is 393 g/mol. The van der Waals surface area contributed by atoms with Gasteiger partial charge in [-0.2, -0.15) is 0 Å². The minimum atomic E-state index is 0.0290. The molecule has 5 nitrogen and oxygen atoms in total. The molecule has 4 rings (SSSR count). The molecule has 1 fully saturated rings. The van der Waals surface area contributed by atoms with Crippen molar-refractivity contribution in [3.63, 3.8) is 0 Å². The Morgan fingerprint density at radius 3 is 2.96 bits per heavy atom. The fourth-order valence-corrected chi connectivity index (χ4v) is 4.61. The van der Waals surface area contributed by atoms with E-state index < -0.39 is 0 Å². The van der Waals surface area contributed by atoms with Gasteiger partial charge in [0.25, 0.3) is 0 Å². The summed E-state index contributed by atoms with van der Waals surface area (Å²) in [5.74, 6) is 0.822. The Labute approximate surface area is 146 Å². The molecule has 1 aromatic carbocycles. The van der Waals surface area contributed by atoms with E-state index >= 15 is 0 Å². The Balaban J connectivity index is 1.71. The van der Waals surface area contributed by atoms with Crippen LogP contribution in [0.25, 0.3) is 0 Å². The Kier molecular flexibility index (Phi) is 4.09. The number of fused-ring (bicyclic) bond motifs is 1. The van der Waals surface area contributed by atoms with E-state index in [9.17, 15) is 4.79 Å². The molecule has 1 saturated heterocycles. The number of carbonyl (C=O) groups is 1. The Morgan fingerprint density at radius 1 is 1.35 bits per heavy atom. The molecule has 0 saturated carbocycles. The third kappa shape index (κ3) is 3.00. The zero-order chi connectivity index (χ0) is 15.8. The first-order valence-corrected chi connectivity index (χ1v) is 9.20. The van der Waals surface area contributed by atoms with Crippen LogP contribution in [-0.4, -0.2) is 37.2 Å². The molecule has 0 bridgehead atoms. The summed E-state index contributed by atoms with van der Waals surface area (Å²) in [6.07, 6.45) is 0.466. The number of aromatic nitrogens is 1. The number of hydrogen-bond acceptors (Lipinski definition) is 5. The third-order valence-corrected chi connectivity index (χ3v) is 5.86. The van der Waals surface area contributed by atoms with E-state index in [0.717, 1.165) is 52.2 Å². The first kappa shape index (κ1) is 15.1. The predicted molar refractivity (Wildman–Crippen MR) is 94.4 cm³/mol. The Hall–Kier alpha value is -1.44. The van der Waals surface area contributed by atoms with Gasteiger partial charge < -0.3 is 15.0 Å². The molecule has 2 aliphatic rings. The number of thiazole rings is 1. The van der Waals surface area contributed by atoms with E-state index in [1.54, 1.807) is 11.3 Å². The molecule has 0 spiro atoms. The largest absolute Gasteiger partial charge is 0.378 e. The van der Waals surface area contributed by atoms with Gasteiger partial charge >= 0.3 is 0 Å². The second-order valence-electron chi connectivity index (χ2n) is 5.67. The highest BCUT2D eigenvalue weighted by molar-refractivity contribution is 9.10. The van der Waals surface area contributed by atoms with E-state index in [1.165, 1.54) is 0 Å². The van der Waals surface area contributed by atoms with Gasteiger partial charge in [0.15, 0.2) is 5.13 Å². The smallest absolute Gasteiger partial charge is 0.226 e. The number of benzene rings is 1. The van der Waals surface area contributed by atoms with E-state index in [-0.39, 0.29) is 11.8 Å². The number of morpholine rings is 1. The van der Waals surface area contributed by atoms with E-state index in [1.807, 2.05) is 12.1 Å². The topological polar surface area (TPSA) is 54.5 Å². The van der Waals surface area contributed by atoms with Crippen LogP contribution < -0.4 is 10.2 Å². The summed E-state index contributed by atoms with van der Waals surface area (Å²) >= 11 is 5.20. The van der Waals surface area contributed by atoms with Crippen LogP contribution in [0.2, 0.25) is 0 Å². The zero-order valence-electron chi connectivity index (χ0n) is 12.4. The number of ether oxygens (including phenoxy) is 1. The molecular formula is C16H16BrN3O2S. The molecule has 1 unspecified atom stereocenters. The van der Waals surface area contributed by atoms with Crippen LogP contribution in [-0.2, 0) is 9.53 Å². The quantitative estimate of drug-likeness (QED) is 0.850. The summed E-state index contributed by atoms with van der Waals surface area (Å²) in [4.78, 5) is 20.1. The van der Waals surface area contributed by atoms with Crippen molar-refractivity contribution in [2.24, 2.45) is 0 Å². The van der Waals surface area contributed by atoms with Crippen molar-refractivity contribution < 1.29 is 9.53 Å². The molecule has 120 valence electrons. The van der Waals surface area contributed by atoms with Crippen LogP contribution in [0.3, 0.4) is 0 Å². The second kappa shape index (κ2) is 6.22. The SMILES string of the molecule is O=C1CC(c2cccc(Br)c2)c2sc(N3CCOCC3)nc2N1. The maximum absolute atomic E-state index is 12.1. The lowest BCUT2D eigenvalue weighted by molar-refractivity contribution is -0.116. The van der Waals surface area contributed by atoms with Crippen LogP contribution >= 0.6 is 27.3 Å². The highest BCUT2D eigenvalue weighted by Crippen LogP contribution is 2.43. The van der Waals surface area contributed by atoms with Crippen molar-refractivity contribution in [3.8, 4) is 0 Å². The van der Waals surface area contributed by atoms with E-state index in [0.29, 0.717) is 6.42 Å². The van der Waals surface area contributed by atoms with Crippen LogP contribution in [0.15, 0.2) is 28.7 Å². The standard InChI is InChI=1S/C16H16BrN3O2S/c17-11-3-1-2-10(8-11)12-9-13(21)18-15-14(12)23-16(19-15)20-4-6-22-7-5-20/h1-3,8,12H,4-7,9H2,(H,18,21). The average molecular weight is 394 g/mol. The van der Waals surface area contributed by atoms with Crippen molar-refractivity contribution in [1.29, 1.82) is 0 Å². The molecule has 7 heteroatoms. The molecule has 2 aliphatic heterocycles. The van der Waals surface area contributed by atoms with Gasteiger partial charge in [-0.3, -0.25) is 4.79 Å². The number of hydrogen-bond donors (Lipinski definition) is 1. The van der Waals surface area contributed by atoms with E-state index in [2.05, 4.69) is 43.3 Å². The number of nitrogens with zero attached hydrogens (tertiary/aromatic N) is 2. The number of nitrogens with one attached hydrogen (secondary N) is 1. The molecule has 0 radical (unpaired) electrons. The fraction of sp³-hybridized carbons (Fsp3) is 0.375. The van der Waals surface area contributed by atoms with Crippen molar-refractivity contribution in [2.75, 3.05) is 36.5 Å². The minimum Gasteiger partial charge on any atom is -0.378 e. The predicted octanol–water partition coefficient (Wildman–Crippen LogP) is 3.22. The molecule has 1 aromatic heterocycles. The average Bonchev–Trinajstić information content (AvgIpc) is 2.98. The Bertz CT molecular complexity index is 743. The lowest BCUT2D eigenvalue weighted by Gasteiger charge is -2.26. The van der Waals surface area contributed by atoms with Gasteiger partial charge in [-0.05, 0) is 17.7 Å². The van der Waals surface area contributed by atoms with Crippen LogP contribution in [0, 0.1) is 0 Å². The first-order valence-electron chi connectivity index (χ1n) is 7.59. The molecule has 1 atom stereocenters. The van der Waals surface area contributed by atoms with Crippen molar-refractivity contribution in [3.05, 3.63) is 39.2 Å². The molecular weight excluding hydrogens is 378 g/mol. The lowest BCUT2D eigenvalue weighted by Crippen LogP contribution is -2.36. The van der Waals surface area contributed by atoms with Gasteiger partial charge in [0.1, 0.15) is 5.82 Å². The van der Waals surface area contributed by atoms with Gasteiger partial charge in [-0.25, -0.2) is 4.98 Å². The second-order valence-corrected chi connectivity index (χ2v) is 7.59. The Morgan fingerprint density at radius 2 is 2.17 bits per heavy atom. The summed E-state index contributed by atoms with van der Waals surface area (Å²) in [6, 6.07) is 8.17. The summed E-state index contributed by atoms with van der Waals surface area (Å²) in [6.45, 7) is 3.15. The first-order chi connectivity index (χ1) is 11.2. The molecule has 23 heavy (non-hydrogen) atoms. The summed E-state index contributed by atoms with van der Waals surface area (Å²) in [7, 11) is 0. The van der Waals surface area contributed by atoms with E-state index in [4.69, 9.17) is 4.74 Å². The highest BCUT2D eigenvalue weighted by atomic mass is 79.9. The molecule has 2 aromatic rings. The number of carbonyl (C=O) groups excluding carboxylic acids is 1. The van der Waals surface area contributed by atoms with Gasteiger partial charge in [-0.15, -0.1) is 0 Å². The molecule has 0 aliphatic carbocycles. The maximum Gasteiger partial charge on any atom is 0.226 e. The summed E-state index contributed by atoms with van der Waals surface area (Å²) in [5, 5.41) is 3.90. The van der Waals surface area contributed by atoms with Gasteiger partial charge in [0.05, 0.1) is 18.1 Å². The highest BCUT2D eigenvalue weighted by Gasteiger charge is 2.31. The number of anilines is 2. The fourth-order valence-electron chi connectivity index (χ4n) is 2.99. The van der Waals surface area contributed by atoms with Crippen LogP contribution in [0.5, 0.6) is 0 Å². The van der Waals surface area contributed by atoms with Gasteiger partial charge in [0, 0.05) is 29.9 Å². The van der Waals surface area contributed by atoms with Gasteiger partial charge in [0.2, 0.25) is 5.91 Å². The zero-order valence-corrected chi connectivity index (χ0v) is 14.8. The third-order valence-electron chi connectivity index (χ3n) is 4.14. The summed E-state index contributed by atoms with van der Waals surface area (Å²) < 4.78 is 6.43. The van der Waals surface area contributed by atoms with Crippen molar-refractivity contribution in [1.82, 2.24) is 4.98 Å². The maximum atomic E-state index is 12.1. The lowest BCUT2D eigenvalue weighted by atomic mass is 9.92. The number of amides is 1. The van der Waals surface area contributed by atoms with Crippen molar-refractivity contribution in [2.45, 2.75) is 12.3 Å². The van der Waals surface area contributed by atoms with Gasteiger partial charge in [-0.1, -0.05) is 39.4 Å². The van der Waals surface area contributed by atoms with Crippen molar-refractivity contribution >= 4 is 44.1 Å². The number of rotatable bonds is 2.